The maximum Gasteiger partial charge on any atom is 0.271 e. The topological polar surface area (TPSA) is 57.7 Å². The molecule has 0 fully saturated rings. The number of thiophene rings is 1. The van der Waals surface area contributed by atoms with Crippen molar-refractivity contribution in [2.75, 3.05) is 11.6 Å². The Morgan fingerprint density at radius 2 is 1.50 bits per heavy atom. The van der Waals surface area contributed by atoms with Crippen molar-refractivity contribution < 1.29 is 14.4 Å². The first kappa shape index (κ1) is 20.9. The molecule has 4 aromatic rings. The smallest absolute Gasteiger partial charge is 0.271 e. The number of fused-ring (bicyclic) bond motifs is 2. The van der Waals surface area contributed by atoms with Crippen LogP contribution in [-0.2, 0) is 0 Å². The summed E-state index contributed by atoms with van der Waals surface area (Å²) >= 11 is 11.3. The lowest BCUT2D eigenvalue weighted by atomic mass is 10.1. The molecule has 2 heterocycles. The second-order valence-electron chi connectivity index (χ2n) is 7.15. The number of para-hydroxylation sites is 1. The monoisotopic (exact) mass is 524 g/mol. The summed E-state index contributed by atoms with van der Waals surface area (Å²) in [5, 5.41) is 1.14. The van der Waals surface area contributed by atoms with Gasteiger partial charge in [0.25, 0.3) is 17.7 Å². The number of halogens is 2. The number of hydrogen-bond donors (Lipinski definition) is 0. The third-order valence-corrected chi connectivity index (χ3v) is 7.61. The van der Waals surface area contributed by atoms with Crippen LogP contribution in [0.4, 0.5) is 5.69 Å². The first-order valence-electron chi connectivity index (χ1n) is 9.66. The highest BCUT2D eigenvalue weighted by Crippen LogP contribution is 2.38. The van der Waals surface area contributed by atoms with Crippen molar-refractivity contribution in [3.63, 3.8) is 0 Å². The Labute approximate surface area is 200 Å². The van der Waals surface area contributed by atoms with Gasteiger partial charge in [0, 0.05) is 14.6 Å². The molecule has 0 unspecified atom stereocenters. The third-order valence-electron chi connectivity index (χ3n) is 5.28. The Bertz CT molecular complexity index is 1380. The molecule has 8 heteroatoms. The van der Waals surface area contributed by atoms with Crippen molar-refractivity contribution in [2.24, 2.45) is 0 Å². The Morgan fingerprint density at radius 1 is 0.906 bits per heavy atom. The van der Waals surface area contributed by atoms with Gasteiger partial charge >= 0.3 is 0 Å². The molecule has 5 nitrogen and oxygen atoms in total. The average Bonchev–Trinajstić information content (AvgIpc) is 3.27. The van der Waals surface area contributed by atoms with Crippen molar-refractivity contribution in [1.29, 1.82) is 0 Å². The van der Waals surface area contributed by atoms with Gasteiger partial charge in [-0.1, -0.05) is 54.1 Å². The van der Waals surface area contributed by atoms with Crippen LogP contribution in [0.25, 0.3) is 10.1 Å². The number of carbonyl (C=O) groups excluding carboxylic acids is 3. The van der Waals surface area contributed by atoms with Crippen LogP contribution in [0.15, 0.2) is 77.3 Å². The van der Waals surface area contributed by atoms with Crippen molar-refractivity contribution in [3.8, 4) is 0 Å². The molecule has 1 aliphatic heterocycles. The van der Waals surface area contributed by atoms with E-state index in [2.05, 4.69) is 15.9 Å². The number of amides is 3. The van der Waals surface area contributed by atoms with E-state index >= 15 is 0 Å². The summed E-state index contributed by atoms with van der Waals surface area (Å²) in [4.78, 5) is 42.5. The molecule has 5 rings (SSSR count). The Morgan fingerprint density at radius 3 is 2.16 bits per heavy atom. The fourth-order valence-corrected chi connectivity index (χ4v) is 5.66. The second-order valence-corrected chi connectivity index (χ2v) is 9.44. The summed E-state index contributed by atoms with van der Waals surface area (Å²) in [6.45, 7) is -0.238. The average molecular weight is 526 g/mol. The molecule has 0 bridgehead atoms. The number of anilines is 1. The molecule has 1 aliphatic rings. The van der Waals surface area contributed by atoms with Crippen LogP contribution in [0.3, 0.4) is 0 Å². The highest BCUT2D eigenvalue weighted by molar-refractivity contribution is 9.10. The van der Waals surface area contributed by atoms with Crippen molar-refractivity contribution in [1.82, 2.24) is 4.90 Å². The van der Waals surface area contributed by atoms with E-state index in [1.165, 1.54) is 16.2 Å². The molecule has 0 spiro atoms. The maximum atomic E-state index is 13.7. The highest BCUT2D eigenvalue weighted by Gasteiger charge is 2.38. The van der Waals surface area contributed by atoms with E-state index < -0.39 is 11.8 Å². The van der Waals surface area contributed by atoms with Gasteiger partial charge in [0.15, 0.2) is 0 Å². The van der Waals surface area contributed by atoms with Crippen LogP contribution in [0.2, 0.25) is 5.02 Å². The Balaban J connectivity index is 1.59. The zero-order valence-electron chi connectivity index (χ0n) is 16.4. The molecular weight excluding hydrogens is 512 g/mol. The lowest BCUT2D eigenvalue weighted by Crippen LogP contribution is -2.44. The summed E-state index contributed by atoms with van der Waals surface area (Å²) in [6, 6.07) is 21.3. The van der Waals surface area contributed by atoms with Crippen LogP contribution in [0.5, 0.6) is 0 Å². The molecule has 0 radical (unpaired) electrons. The van der Waals surface area contributed by atoms with E-state index in [9.17, 15) is 14.4 Å². The van der Waals surface area contributed by atoms with E-state index in [1.54, 1.807) is 42.5 Å². The number of hydrogen-bond acceptors (Lipinski definition) is 4. The maximum absolute atomic E-state index is 13.7. The number of nitrogens with zero attached hydrogens (tertiary/aromatic N) is 2. The predicted molar refractivity (Wildman–Crippen MR) is 130 cm³/mol. The number of benzene rings is 3. The summed E-state index contributed by atoms with van der Waals surface area (Å²) < 4.78 is 1.54. The molecule has 0 saturated heterocycles. The van der Waals surface area contributed by atoms with Gasteiger partial charge in [-0.05, 0) is 46.3 Å². The fraction of sp³-hybridized carbons (Fsp3) is 0.0417. The van der Waals surface area contributed by atoms with Crippen LogP contribution in [0, 0.1) is 0 Å². The quantitative estimate of drug-likeness (QED) is 0.297. The molecule has 3 aromatic carbocycles. The number of carbonyl (C=O) groups is 3. The minimum absolute atomic E-state index is 0.238. The lowest BCUT2D eigenvalue weighted by Gasteiger charge is -2.27. The minimum atomic E-state index is -0.433. The molecule has 0 atom stereocenters. The second kappa shape index (κ2) is 8.16. The molecule has 0 N–H and O–H groups in total. The molecule has 32 heavy (non-hydrogen) atoms. The van der Waals surface area contributed by atoms with Crippen molar-refractivity contribution >= 4 is 72.4 Å². The van der Waals surface area contributed by atoms with Gasteiger partial charge in [0.05, 0.1) is 21.8 Å². The molecule has 3 amide bonds. The first-order valence-corrected chi connectivity index (χ1v) is 11.6. The summed E-state index contributed by atoms with van der Waals surface area (Å²) in [5.41, 5.74) is 1.19. The van der Waals surface area contributed by atoms with E-state index in [0.29, 0.717) is 31.2 Å². The molecule has 0 saturated carbocycles. The fourth-order valence-electron chi connectivity index (χ4n) is 3.70. The van der Waals surface area contributed by atoms with E-state index in [-0.39, 0.29) is 12.6 Å². The molecule has 1 aromatic heterocycles. The van der Waals surface area contributed by atoms with E-state index in [4.69, 9.17) is 11.6 Å². The predicted octanol–water partition coefficient (Wildman–Crippen LogP) is 6.22. The van der Waals surface area contributed by atoms with Crippen LogP contribution < -0.4 is 4.90 Å². The Kier molecular flexibility index (Phi) is 5.33. The molecular formula is C24H14BrClN2O3S. The van der Waals surface area contributed by atoms with Crippen molar-refractivity contribution in [3.05, 3.63) is 98.3 Å². The highest BCUT2D eigenvalue weighted by atomic mass is 79.9. The molecule has 0 aliphatic carbocycles. The number of rotatable bonds is 4. The van der Waals surface area contributed by atoms with Gasteiger partial charge in [-0.15, -0.1) is 11.3 Å². The lowest BCUT2D eigenvalue weighted by molar-refractivity contribution is 0.0650. The standard InChI is InChI=1S/C24H14BrClN2O3S/c25-17-10-4-5-11-18(17)27(13-28-22(29)14-7-1-2-8-15(14)23(28)30)24(31)21-20(26)16-9-3-6-12-19(16)32-21/h1-12H,13H2. The normalized spacial score (nSPS) is 13.0. The van der Waals surface area contributed by atoms with Crippen LogP contribution >= 0.6 is 38.9 Å². The van der Waals surface area contributed by atoms with Crippen molar-refractivity contribution in [2.45, 2.75) is 0 Å². The first-order chi connectivity index (χ1) is 15.5. The SMILES string of the molecule is O=C1c2ccccc2C(=O)N1CN(C(=O)c1sc2ccccc2c1Cl)c1ccccc1Br. The van der Waals surface area contributed by atoms with Gasteiger partial charge in [-0.2, -0.15) is 0 Å². The van der Waals surface area contributed by atoms with E-state index in [0.717, 1.165) is 15.0 Å². The summed E-state index contributed by atoms with van der Waals surface area (Å²) in [7, 11) is 0. The number of imide groups is 1. The Hall–Kier alpha value is -3.00. The summed E-state index contributed by atoms with van der Waals surface area (Å²) in [5.74, 6) is -1.25. The van der Waals surface area contributed by atoms with Crippen LogP contribution in [0.1, 0.15) is 30.4 Å². The van der Waals surface area contributed by atoms with Gasteiger partial charge in [-0.3, -0.25) is 24.2 Å². The van der Waals surface area contributed by atoms with Gasteiger partial charge in [-0.25, -0.2) is 0 Å². The van der Waals surface area contributed by atoms with Gasteiger partial charge in [0.1, 0.15) is 11.5 Å². The third kappa shape index (κ3) is 3.33. The van der Waals surface area contributed by atoms with E-state index in [1.807, 2.05) is 30.3 Å². The van der Waals surface area contributed by atoms with Crippen LogP contribution in [-0.4, -0.2) is 29.3 Å². The zero-order chi connectivity index (χ0) is 22.4. The van der Waals surface area contributed by atoms with Gasteiger partial charge in [0.2, 0.25) is 0 Å². The largest absolute Gasteiger partial charge is 0.288 e. The molecule has 158 valence electrons. The van der Waals surface area contributed by atoms with Gasteiger partial charge < -0.3 is 0 Å². The zero-order valence-corrected chi connectivity index (χ0v) is 19.6. The minimum Gasteiger partial charge on any atom is -0.288 e. The summed E-state index contributed by atoms with van der Waals surface area (Å²) in [6.07, 6.45) is 0.